The Kier molecular flexibility index (Phi) is 8.37. The third kappa shape index (κ3) is 5.89. The van der Waals surface area contributed by atoms with Crippen LogP contribution in [0.2, 0.25) is 0 Å². The van der Waals surface area contributed by atoms with Crippen LogP contribution in [0.4, 0.5) is 22.7 Å². The smallest absolute Gasteiger partial charge is 0.545 e. The Hall–Kier alpha value is -4.40. The molecule has 0 aromatic heterocycles. The molecule has 0 aliphatic rings. The first kappa shape index (κ1) is 29.6. The van der Waals surface area contributed by atoms with Crippen LogP contribution in [0.25, 0.3) is 21.5 Å². The minimum absolute atomic E-state index is 0. The number of fused-ring (bicyclic) bond motifs is 2. The van der Waals surface area contributed by atoms with Gasteiger partial charge in [-0.15, -0.1) is 15.3 Å². The number of benzene rings is 5. The second-order valence-electron chi connectivity index (χ2n) is 8.46. The van der Waals surface area contributed by atoms with Crippen molar-refractivity contribution in [2.45, 2.75) is 4.90 Å². The predicted molar refractivity (Wildman–Crippen MR) is 142 cm³/mol. The molecule has 4 N–H and O–H groups in total. The molecule has 0 unspecified atom stereocenters. The molecular weight excluding hydrogens is 563 g/mol. The van der Waals surface area contributed by atoms with Gasteiger partial charge in [-0.3, -0.25) is 4.55 Å². The van der Waals surface area contributed by atoms with Crippen LogP contribution in [0.15, 0.2) is 104 Å². The molecule has 0 saturated carbocycles. The largest absolute Gasteiger partial charge is 1.00 e. The molecule has 0 spiro atoms. The van der Waals surface area contributed by atoms with Crippen molar-refractivity contribution in [3.05, 3.63) is 84.4 Å². The molecule has 0 fully saturated rings. The van der Waals surface area contributed by atoms with E-state index in [1.54, 1.807) is 36.4 Å². The number of azo groups is 2. The van der Waals surface area contributed by atoms with Crippen LogP contribution in [0.1, 0.15) is 10.4 Å². The van der Waals surface area contributed by atoms with Gasteiger partial charge in [0.15, 0.2) is 5.75 Å². The Morgan fingerprint density at radius 1 is 0.683 bits per heavy atom. The van der Waals surface area contributed by atoms with E-state index in [0.717, 1.165) is 18.2 Å². The zero-order valence-electron chi connectivity index (χ0n) is 21.1. The number of carboxylic acids is 1. The van der Waals surface area contributed by atoms with Gasteiger partial charge in [-0.25, -0.2) is 0 Å². The first-order valence-corrected chi connectivity index (χ1v) is 12.8. The Morgan fingerprint density at radius 2 is 1.27 bits per heavy atom. The predicted octanol–water partition coefficient (Wildman–Crippen LogP) is 2.55. The zero-order valence-corrected chi connectivity index (χ0v) is 23.9. The topological polar surface area (TPSA) is 205 Å². The summed E-state index contributed by atoms with van der Waals surface area (Å²) < 4.78 is 33.7. The first-order chi connectivity index (χ1) is 19.0. The van der Waals surface area contributed by atoms with Gasteiger partial charge in [0.2, 0.25) is 0 Å². The molecule has 41 heavy (non-hydrogen) atoms. The number of phenolic OH excluding ortho intramolecular Hbond substituents is 2. The molecule has 0 saturated heterocycles. The van der Waals surface area contributed by atoms with E-state index in [4.69, 9.17) is 0 Å². The number of carboxylic acid groups (broad SMARTS) is 1. The van der Waals surface area contributed by atoms with E-state index >= 15 is 0 Å². The van der Waals surface area contributed by atoms with Crippen LogP contribution in [0.5, 0.6) is 17.2 Å². The Labute approximate surface area is 254 Å². The van der Waals surface area contributed by atoms with Gasteiger partial charge in [0.1, 0.15) is 22.1 Å². The second-order valence-corrected chi connectivity index (χ2v) is 9.85. The summed E-state index contributed by atoms with van der Waals surface area (Å²) in [5.41, 5.74) is 0.118. The zero-order chi connectivity index (χ0) is 28.6. The number of carbonyl (C=O) groups is 1. The van der Waals surface area contributed by atoms with E-state index in [-0.39, 0.29) is 51.7 Å². The number of carbonyl (C=O) groups excluding carboxylic acids is 1. The summed E-state index contributed by atoms with van der Waals surface area (Å²) in [6.07, 6.45) is 0. The van der Waals surface area contributed by atoms with E-state index in [2.05, 4.69) is 20.5 Å². The summed E-state index contributed by atoms with van der Waals surface area (Å²) in [5.74, 6) is -2.98. The molecule has 0 bridgehead atoms. The number of aromatic carboxylic acids is 1. The molecule has 5 rings (SSSR count). The number of aromatic hydroxyl groups is 3. The van der Waals surface area contributed by atoms with Crippen molar-refractivity contribution in [3.63, 3.8) is 0 Å². The van der Waals surface area contributed by atoms with Crippen molar-refractivity contribution in [1.82, 2.24) is 0 Å². The van der Waals surface area contributed by atoms with Gasteiger partial charge in [0.25, 0.3) is 10.1 Å². The Balaban J connectivity index is 0.00000387. The van der Waals surface area contributed by atoms with Crippen LogP contribution in [-0.2, 0) is 10.1 Å². The van der Waals surface area contributed by atoms with Gasteiger partial charge in [-0.1, -0.05) is 36.4 Å². The number of nitrogens with zero attached hydrogens (tertiary/aromatic N) is 4. The molecule has 0 atom stereocenters. The minimum Gasteiger partial charge on any atom is -0.545 e. The summed E-state index contributed by atoms with van der Waals surface area (Å²) >= 11 is 0. The molecule has 14 heteroatoms. The molecule has 5 aromatic rings. The quantitative estimate of drug-likeness (QED) is 0.133. The molecule has 0 amide bonds. The molecule has 0 heterocycles. The van der Waals surface area contributed by atoms with Crippen LogP contribution in [-0.4, -0.2) is 34.3 Å². The molecule has 0 aliphatic carbocycles. The van der Waals surface area contributed by atoms with Crippen molar-refractivity contribution in [3.8, 4) is 17.2 Å². The average Bonchev–Trinajstić information content (AvgIpc) is 2.91. The van der Waals surface area contributed by atoms with Crippen LogP contribution < -0.4 is 34.7 Å². The standard InChI is InChI=1S/C27H18N4O8S.Na/c32-22-11-8-14(12-18(22)27(35)36)28-29-19-9-10-20(16-5-2-1-4-15(16)19)30-31-21-13-24(40(37,38)39)17-6-3-7-23(33)25(17)26(21)34;/h1-13,32-34H,(H,35,36)(H,37,38,39);/q;+1/p-1. The van der Waals surface area contributed by atoms with E-state index in [1.165, 1.54) is 24.3 Å². The summed E-state index contributed by atoms with van der Waals surface area (Å²) in [6, 6.07) is 18.6. The van der Waals surface area contributed by atoms with Crippen molar-refractivity contribution < 1.29 is 67.7 Å². The average molecular weight is 581 g/mol. The first-order valence-electron chi connectivity index (χ1n) is 11.4. The van der Waals surface area contributed by atoms with Crippen molar-refractivity contribution in [2.75, 3.05) is 0 Å². The maximum absolute atomic E-state index is 12.0. The Bertz CT molecular complexity index is 2010. The van der Waals surface area contributed by atoms with Crippen molar-refractivity contribution >= 4 is 60.4 Å². The van der Waals surface area contributed by atoms with Gasteiger partial charge in [-0.2, -0.15) is 13.5 Å². The fraction of sp³-hybridized carbons (Fsp3) is 0. The normalized spacial score (nSPS) is 11.8. The van der Waals surface area contributed by atoms with E-state index in [0.29, 0.717) is 22.1 Å². The number of hydrogen-bond donors (Lipinski definition) is 4. The third-order valence-electron chi connectivity index (χ3n) is 5.95. The van der Waals surface area contributed by atoms with Crippen LogP contribution in [0, 0.1) is 0 Å². The van der Waals surface area contributed by atoms with Crippen LogP contribution >= 0.6 is 0 Å². The maximum atomic E-state index is 12.0. The second kappa shape index (κ2) is 11.6. The molecule has 0 aliphatic heterocycles. The van der Waals surface area contributed by atoms with Gasteiger partial charge >= 0.3 is 29.6 Å². The molecule has 12 nitrogen and oxygen atoms in total. The summed E-state index contributed by atoms with van der Waals surface area (Å²) in [6.45, 7) is 0. The fourth-order valence-electron chi connectivity index (χ4n) is 4.09. The Morgan fingerprint density at radius 3 is 1.88 bits per heavy atom. The SMILES string of the molecule is O=C([O-])c1cc(N=Nc2ccc(N=Nc3cc(S(=O)(=O)O)c4cccc(O)c4c3O)c3ccccc23)ccc1O.[Na+]. The van der Waals surface area contributed by atoms with Gasteiger partial charge in [-0.05, 0) is 42.5 Å². The summed E-state index contributed by atoms with van der Waals surface area (Å²) in [7, 11) is -4.74. The number of hydrogen-bond acceptors (Lipinski definition) is 11. The monoisotopic (exact) mass is 580 g/mol. The van der Waals surface area contributed by atoms with E-state index in [1.807, 2.05) is 0 Å². The van der Waals surface area contributed by atoms with Gasteiger partial charge < -0.3 is 25.2 Å². The van der Waals surface area contributed by atoms with Crippen LogP contribution in [0.3, 0.4) is 0 Å². The fourth-order valence-corrected chi connectivity index (χ4v) is 4.80. The molecule has 200 valence electrons. The maximum Gasteiger partial charge on any atom is 1.00 e. The summed E-state index contributed by atoms with van der Waals surface area (Å²) in [4.78, 5) is 10.6. The number of rotatable bonds is 6. The minimum atomic E-state index is -4.74. The molecule has 0 radical (unpaired) electrons. The van der Waals surface area contributed by atoms with Gasteiger partial charge in [0, 0.05) is 21.7 Å². The number of phenols is 3. The van der Waals surface area contributed by atoms with E-state index in [9.17, 15) is 38.2 Å². The van der Waals surface area contributed by atoms with Crippen molar-refractivity contribution in [1.29, 1.82) is 0 Å². The van der Waals surface area contributed by atoms with E-state index < -0.39 is 43.8 Å². The molecule has 5 aromatic carbocycles. The van der Waals surface area contributed by atoms with Crippen molar-refractivity contribution in [2.24, 2.45) is 20.5 Å². The summed E-state index contributed by atoms with van der Waals surface area (Å²) in [5, 5.41) is 59.0. The third-order valence-corrected chi connectivity index (χ3v) is 6.84. The van der Waals surface area contributed by atoms with Gasteiger partial charge in [0.05, 0.1) is 28.4 Å². The molecular formula is C27H17N4NaO8S.